The molecule has 0 bridgehead atoms. The molecule has 20 heavy (non-hydrogen) atoms. The summed E-state index contributed by atoms with van der Waals surface area (Å²) in [5.41, 5.74) is 5.98. The van der Waals surface area contributed by atoms with E-state index in [0.29, 0.717) is 0 Å². The van der Waals surface area contributed by atoms with Crippen LogP contribution in [0.25, 0.3) is 33.1 Å². The van der Waals surface area contributed by atoms with Gasteiger partial charge in [-0.3, -0.25) is 4.98 Å². The zero-order valence-electron chi connectivity index (χ0n) is 11.2. The molecule has 2 aromatic carbocycles. The minimum atomic E-state index is 1.07. The highest BCUT2D eigenvalue weighted by Crippen LogP contribution is 2.33. The van der Waals surface area contributed by atoms with Gasteiger partial charge in [0, 0.05) is 24.2 Å². The van der Waals surface area contributed by atoms with E-state index in [2.05, 4.69) is 65.1 Å². The van der Waals surface area contributed by atoms with Gasteiger partial charge in [-0.2, -0.15) is 0 Å². The topological polar surface area (TPSA) is 17.8 Å². The van der Waals surface area contributed by atoms with E-state index in [4.69, 9.17) is 0 Å². The number of fused-ring (bicyclic) bond motifs is 3. The van der Waals surface area contributed by atoms with Crippen LogP contribution in [-0.4, -0.2) is 9.55 Å². The Balaban J connectivity index is 2.19. The van der Waals surface area contributed by atoms with Gasteiger partial charge >= 0.3 is 0 Å². The van der Waals surface area contributed by atoms with Gasteiger partial charge in [0.15, 0.2) is 0 Å². The predicted octanol–water partition coefficient (Wildman–Crippen LogP) is 4.39. The second-order valence-corrected chi connectivity index (χ2v) is 5.00. The van der Waals surface area contributed by atoms with Crippen molar-refractivity contribution >= 4 is 21.9 Å². The number of rotatable bonds is 1. The fraction of sp³-hybridized carbons (Fsp3) is 0.0556. The maximum Gasteiger partial charge on any atom is 0.0959 e. The molecule has 0 spiro atoms. The fourth-order valence-corrected chi connectivity index (χ4v) is 2.94. The van der Waals surface area contributed by atoms with E-state index < -0.39 is 0 Å². The summed E-state index contributed by atoms with van der Waals surface area (Å²) in [6.07, 6.45) is 1.86. The summed E-state index contributed by atoms with van der Waals surface area (Å²) >= 11 is 0. The van der Waals surface area contributed by atoms with Crippen LogP contribution in [0.3, 0.4) is 0 Å². The Hall–Kier alpha value is -2.61. The Morgan fingerprint density at radius 2 is 1.70 bits per heavy atom. The summed E-state index contributed by atoms with van der Waals surface area (Å²) in [6.45, 7) is 0. The van der Waals surface area contributed by atoms with Crippen molar-refractivity contribution in [2.75, 3.05) is 0 Å². The van der Waals surface area contributed by atoms with Gasteiger partial charge in [0.2, 0.25) is 0 Å². The molecule has 2 nitrogen and oxygen atoms in total. The van der Waals surface area contributed by atoms with Crippen LogP contribution >= 0.6 is 0 Å². The molecule has 0 amide bonds. The Labute approximate surface area is 117 Å². The first-order valence-corrected chi connectivity index (χ1v) is 6.74. The van der Waals surface area contributed by atoms with E-state index >= 15 is 0 Å². The Bertz CT molecular complexity index is 905. The third kappa shape index (κ3) is 1.48. The van der Waals surface area contributed by atoms with Gasteiger partial charge in [-0.05, 0) is 17.7 Å². The number of hydrogen-bond acceptors (Lipinski definition) is 1. The van der Waals surface area contributed by atoms with Gasteiger partial charge in [-0.1, -0.05) is 48.5 Å². The fourth-order valence-electron chi connectivity index (χ4n) is 2.94. The maximum absolute atomic E-state index is 4.54. The first-order chi connectivity index (χ1) is 9.86. The lowest BCUT2D eigenvalue weighted by Gasteiger charge is -2.06. The van der Waals surface area contributed by atoms with E-state index in [0.717, 1.165) is 5.52 Å². The van der Waals surface area contributed by atoms with Crippen molar-refractivity contribution in [3.05, 3.63) is 66.9 Å². The molecular formula is C18H14N2. The Morgan fingerprint density at radius 3 is 2.55 bits per heavy atom. The van der Waals surface area contributed by atoms with Crippen LogP contribution in [0.1, 0.15) is 0 Å². The number of aromatic nitrogens is 2. The van der Waals surface area contributed by atoms with Gasteiger partial charge < -0.3 is 4.57 Å². The predicted molar refractivity (Wildman–Crippen MR) is 83.7 cm³/mol. The van der Waals surface area contributed by atoms with Gasteiger partial charge in [-0.15, -0.1) is 0 Å². The van der Waals surface area contributed by atoms with Crippen molar-refractivity contribution in [1.29, 1.82) is 0 Å². The molecule has 4 rings (SSSR count). The van der Waals surface area contributed by atoms with Crippen LogP contribution < -0.4 is 0 Å². The second kappa shape index (κ2) is 4.20. The van der Waals surface area contributed by atoms with Gasteiger partial charge in [0.05, 0.1) is 16.6 Å². The molecule has 2 aromatic heterocycles. The lowest BCUT2D eigenvalue weighted by molar-refractivity contribution is 1.01. The van der Waals surface area contributed by atoms with Crippen molar-refractivity contribution in [3.63, 3.8) is 0 Å². The average molecular weight is 258 g/mol. The van der Waals surface area contributed by atoms with Crippen molar-refractivity contribution in [2.24, 2.45) is 7.05 Å². The molecule has 2 heteroatoms. The Kier molecular flexibility index (Phi) is 2.36. The largest absolute Gasteiger partial charge is 0.342 e. The average Bonchev–Trinajstić information content (AvgIpc) is 2.82. The molecule has 0 aliphatic heterocycles. The lowest BCUT2D eigenvalue weighted by atomic mass is 10.0. The lowest BCUT2D eigenvalue weighted by Crippen LogP contribution is -1.89. The molecule has 0 fully saturated rings. The number of aryl methyl sites for hydroxylation is 1. The SMILES string of the molecule is Cn1c2cccnc2c2cccc(-c3ccccc3)c21. The molecule has 0 N–H and O–H groups in total. The summed E-state index contributed by atoms with van der Waals surface area (Å²) < 4.78 is 2.24. The molecule has 4 aromatic rings. The van der Waals surface area contributed by atoms with Gasteiger partial charge in [0.1, 0.15) is 0 Å². The molecule has 0 saturated heterocycles. The van der Waals surface area contributed by atoms with Crippen molar-refractivity contribution in [3.8, 4) is 11.1 Å². The van der Waals surface area contributed by atoms with Crippen molar-refractivity contribution in [2.45, 2.75) is 0 Å². The van der Waals surface area contributed by atoms with Crippen molar-refractivity contribution in [1.82, 2.24) is 9.55 Å². The molecule has 0 aliphatic rings. The number of benzene rings is 2. The second-order valence-electron chi connectivity index (χ2n) is 5.00. The number of nitrogens with zero attached hydrogens (tertiary/aromatic N) is 2. The van der Waals surface area contributed by atoms with Crippen LogP contribution in [0.2, 0.25) is 0 Å². The molecule has 0 saturated carbocycles. The minimum Gasteiger partial charge on any atom is -0.342 e. The highest BCUT2D eigenvalue weighted by molar-refractivity contribution is 6.10. The zero-order chi connectivity index (χ0) is 13.5. The molecule has 0 aliphatic carbocycles. The standard InChI is InChI=1S/C18H14N2/c1-20-16-11-6-12-19-17(16)15-10-5-9-14(18(15)20)13-7-3-2-4-8-13/h2-12H,1H3. The monoisotopic (exact) mass is 258 g/mol. The van der Waals surface area contributed by atoms with E-state index in [1.807, 2.05) is 18.3 Å². The number of para-hydroxylation sites is 1. The van der Waals surface area contributed by atoms with Crippen LogP contribution in [0.4, 0.5) is 0 Å². The number of pyridine rings is 1. The number of hydrogen-bond donors (Lipinski definition) is 0. The molecule has 0 atom stereocenters. The van der Waals surface area contributed by atoms with E-state index in [9.17, 15) is 0 Å². The van der Waals surface area contributed by atoms with Gasteiger partial charge in [-0.25, -0.2) is 0 Å². The van der Waals surface area contributed by atoms with E-state index in [1.54, 1.807) is 0 Å². The van der Waals surface area contributed by atoms with E-state index in [-0.39, 0.29) is 0 Å². The third-order valence-corrected chi connectivity index (χ3v) is 3.86. The highest BCUT2D eigenvalue weighted by Gasteiger charge is 2.12. The first-order valence-electron chi connectivity index (χ1n) is 6.74. The molecule has 96 valence electrons. The van der Waals surface area contributed by atoms with E-state index in [1.165, 1.54) is 27.5 Å². The third-order valence-electron chi connectivity index (χ3n) is 3.86. The molecule has 0 unspecified atom stereocenters. The molecule has 0 radical (unpaired) electrons. The Morgan fingerprint density at radius 1 is 0.850 bits per heavy atom. The smallest absolute Gasteiger partial charge is 0.0959 e. The van der Waals surface area contributed by atoms with Crippen LogP contribution in [0, 0.1) is 0 Å². The molecule has 2 heterocycles. The van der Waals surface area contributed by atoms with Crippen LogP contribution in [0.15, 0.2) is 66.9 Å². The summed E-state index contributed by atoms with van der Waals surface area (Å²) in [7, 11) is 2.11. The van der Waals surface area contributed by atoms with Crippen LogP contribution in [-0.2, 0) is 7.05 Å². The first kappa shape index (κ1) is 11.2. The summed E-state index contributed by atoms with van der Waals surface area (Å²) in [5, 5.41) is 1.21. The maximum atomic E-state index is 4.54. The van der Waals surface area contributed by atoms with Crippen LogP contribution in [0.5, 0.6) is 0 Å². The summed E-state index contributed by atoms with van der Waals surface area (Å²) in [5.74, 6) is 0. The van der Waals surface area contributed by atoms with Gasteiger partial charge in [0.25, 0.3) is 0 Å². The summed E-state index contributed by atoms with van der Waals surface area (Å²) in [4.78, 5) is 4.54. The summed E-state index contributed by atoms with van der Waals surface area (Å²) in [6, 6.07) is 21.1. The quantitative estimate of drug-likeness (QED) is 0.495. The minimum absolute atomic E-state index is 1.07. The van der Waals surface area contributed by atoms with Crippen molar-refractivity contribution < 1.29 is 0 Å². The normalized spacial score (nSPS) is 11.2. The molecular weight excluding hydrogens is 244 g/mol. The zero-order valence-corrected chi connectivity index (χ0v) is 11.2. The highest BCUT2D eigenvalue weighted by atomic mass is 15.0.